The standard InChI is InChI=1S/C10H13F3N2/c1-4-9(2,3)7-5-6-14-8(15-7)10(11,12)13/h5-6H,4H2,1-3H3. The van der Waals surface area contributed by atoms with E-state index in [-0.39, 0.29) is 5.41 Å². The molecule has 0 radical (unpaired) electrons. The minimum absolute atomic E-state index is 0.358. The molecule has 1 heterocycles. The van der Waals surface area contributed by atoms with Gasteiger partial charge in [-0.15, -0.1) is 0 Å². The average Bonchev–Trinajstić information content (AvgIpc) is 2.17. The Hall–Kier alpha value is -1.13. The van der Waals surface area contributed by atoms with Crippen LogP contribution in [0, 0.1) is 0 Å². The largest absolute Gasteiger partial charge is 0.451 e. The smallest absolute Gasteiger partial charge is 0.233 e. The van der Waals surface area contributed by atoms with Crippen molar-refractivity contribution in [3.63, 3.8) is 0 Å². The molecule has 0 aliphatic heterocycles. The zero-order valence-electron chi connectivity index (χ0n) is 8.89. The Morgan fingerprint density at radius 2 is 1.87 bits per heavy atom. The second-order valence-corrected chi connectivity index (χ2v) is 4.00. The Bertz CT molecular complexity index is 345. The number of aromatic nitrogens is 2. The lowest BCUT2D eigenvalue weighted by molar-refractivity contribution is -0.145. The molecule has 0 N–H and O–H groups in total. The van der Waals surface area contributed by atoms with Gasteiger partial charge in [-0.25, -0.2) is 9.97 Å². The second kappa shape index (κ2) is 3.79. The van der Waals surface area contributed by atoms with E-state index in [4.69, 9.17) is 0 Å². The molecule has 0 fully saturated rings. The van der Waals surface area contributed by atoms with E-state index in [2.05, 4.69) is 9.97 Å². The fourth-order valence-electron chi connectivity index (χ4n) is 1.05. The third-order valence-electron chi connectivity index (χ3n) is 2.49. The molecule has 0 amide bonds. The molecule has 0 spiro atoms. The maximum Gasteiger partial charge on any atom is 0.451 e. The summed E-state index contributed by atoms with van der Waals surface area (Å²) in [5, 5.41) is 0. The summed E-state index contributed by atoms with van der Waals surface area (Å²) < 4.78 is 37.0. The van der Waals surface area contributed by atoms with Gasteiger partial charge in [0.2, 0.25) is 5.82 Å². The van der Waals surface area contributed by atoms with Crippen LogP contribution in [0.25, 0.3) is 0 Å². The maximum absolute atomic E-state index is 12.3. The topological polar surface area (TPSA) is 25.8 Å². The van der Waals surface area contributed by atoms with E-state index in [0.717, 1.165) is 12.6 Å². The number of hydrogen-bond acceptors (Lipinski definition) is 2. The molecule has 0 saturated carbocycles. The van der Waals surface area contributed by atoms with Crippen LogP contribution in [0.15, 0.2) is 12.3 Å². The van der Waals surface area contributed by atoms with Crippen molar-refractivity contribution >= 4 is 0 Å². The van der Waals surface area contributed by atoms with Gasteiger partial charge in [-0.2, -0.15) is 13.2 Å². The molecule has 84 valence electrons. The molecular weight excluding hydrogens is 205 g/mol. The first kappa shape index (κ1) is 11.9. The summed E-state index contributed by atoms with van der Waals surface area (Å²) in [6, 6.07) is 1.53. The monoisotopic (exact) mass is 218 g/mol. The van der Waals surface area contributed by atoms with Crippen molar-refractivity contribution < 1.29 is 13.2 Å². The highest BCUT2D eigenvalue weighted by Crippen LogP contribution is 2.29. The van der Waals surface area contributed by atoms with Crippen LogP contribution in [0.2, 0.25) is 0 Å². The highest BCUT2D eigenvalue weighted by Gasteiger charge is 2.35. The predicted octanol–water partition coefficient (Wildman–Crippen LogP) is 3.18. The predicted molar refractivity (Wildman–Crippen MR) is 50.4 cm³/mol. The summed E-state index contributed by atoms with van der Waals surface area (Å²) in [6.07, 6.45) is -2.59. The van der Waals surface area contributed by atoms with Gasteiger partial charge in [0, 0.05) is 11.6 Å². The Labute approximate surface area is 86.6 Å². The van der Waals surface area contributed by atoms with E-state index >= 15 is 0 Å². The second-order valence-electron chi connectivity index (χ2n) is 4.00. The third kappa shape index (κ3) is 2.67. The Morgan fingerprint density at radius 3 is 2.33 bits per heavy atom. The molecule has 5 heteroatoms. The molecule has 1 aromatic heterocycles. The molecule has 0 aromatic carbocycles. The summed E-state index contributed by atoms with van der Waals surface area (Å²) in [5.41, 5.74) is 0.0653. The number of alkyl halides is 3. The Morgan fingerprint density at radius 1 is 1.27 bits per heavy atom. The number of nitrogens with zero attached hydrogens (tertiary/aromatic N) is 2. The van der Waals surface area contributed by atoms with E-state index in [1.54, 1.807) is 0 Å². The van der Waals surface area contributed by atoms with Crippen molar-refractivity contribution in [3.8, 4) is 0 Å². The Kier molecular flexibility index (Phi) is 3.02. The minimum atomic E-state index is -4.47. The fraction of sp³-hybridized carbons (Fsp3) is 0.600. The van der Waals surface area contributed by atoms with Crippen molar-refractivity contribution in [3.05, 3.63) is 23.8 Å². The van der Waals surface area contributed by atoms with Crippen LogP contribution in [-0.4, -0.2) is 9.97 Å². The van der Waals surface area contributed by atoms with E-state index in [9.17, 15) is 13.2 Å². The summed E-state index contributed by atoms with van der Waals surface area (Å²) in [7, 11) is 0. The summed E-state index contributed by atoms with van der Waals surface area (Å²) in [5.74, 6) is -1.07. The van der Waals surface area contributed by atoms with Gasteiger partial charge in [0.05, 0.1) is 5.69 Å². The van der Waals surface area contributed by atoms with Crippen LogP contribution in [0.3, 0.4) is 0 Å². The van der Waals surface area contributed by atoms with Gasteiger partial charge >= 0.3 is 6.18 Å². The lowest BCUT2D eigenvalue weighted by Crippen LogP contribution is -2.21. The molecule has 0 aliphatic carbocycles. The van der Waals surface area contributed by atoms with Crippen LogP contribution in [0.1, 0.15) is 38.7 Å². The quantitative estimate of drug-likeness (QED) is 0.761. The molecule has 0 atom stereocenters. The SMILES string of the molecule is CCC(C)(C)c1ccnc(C(F)(F)F)n1. The molecule has 0 aliphatic rings. The van der Waals surface area contributed by atoms with Crippen LogP contribution in [0.5, 0.6) is 0 Å². The van der Waals surface area contributed by atoms with Gasteiger partial charge in [-0.1, -0.05) is 20.8 Å². The van der Waals surface area contributed by atoms with Crippen molar-refractivity contribution in [1.82, 2.24) is 9.97 Å². The third-order valence-corrected chi connectivity index (χ3v) is 2.49. The van der Waals surface area contributed by atoms with Crippen molar-refractivity contribution in [2.45, 2.75) is 38.8 Å². The number of hydrogen-bond donors (Lipinski definition) is 0. The molecule has 1 aromatic rings. The average molecular weight is 218 g/mol. The van der Waals surface area contributed by atoms with Crippen molar-refractivity contribution in [2.24, 2.45) is 0 Å². The summed E-state index contributed by atoms with van der Waals surface area (Å²) in [6.45, 7) is 5.63. The van der Waals surface area contributed by atoms with Gasteiger partial charge in [0.1, 0.15) is 0 Å². The van der Waals surface area contributed by atoms with Gasteiger partial charge in [-0.3, -0.25) is 0 Å². The highest BCUT2D eigenvalue weighted by atomic mass is 19.4. The molecule has 0 unspecified atom stereocenters. The van der Waals surface area contributed by atoms with Gasteiger partial charge in [0.15, 0.2) is 0 Å². The minimum Gasteiger partial charge on any atom is -0.233 e. The highest BCUT2D eigenvalue weighted by molar-refractivity contribution is 5.14. The molecular formula is C10H13F3N2. The van der Waals surface area contributed by atoms with Crippen molar-refractivity contribution in [2.75, 3.05) is 0 Å². The molecule has 0 saturated heterocycles. The van der Waals surface area contributed by atoms with Crippen molar-refractivity contribution in [1.29, 1.82) is 0 Å². The first-order chi connectivity index (χ1) is 6.77. The lowest BCUT2D eigenvalue weighted by Gasteiger charge is -2.22. The van der Waals surface area contributed by atoms with E-state index < -0.39 is 12.0 Å². The number of rotatable bonds is 2. The van der Waals surface area contributed by atoms with E-state index in [0.29, 0.717) is 5.69 Å². The molecule has 0 bridgehead atoms. The van der Waals surface area contributed by atoms with E-state index in [1.165, 1.54) is 6.07 Å². The summed E-state index contributed by atoms with van der Waals surface area (Å²) in [4.78, 5) is 6.77. The van der Waals surface area contributed by atoms with E-state index in [1.807, 2.05) is 20.8 Å². The first-order valence-electron chi connectivity index (χ1n) is 4.68. The van der Waals surface area contributed by atoms with Gasteiger partial charge in [0.25, 0.3) is 0 Å². The molecule has 15 heavy (non-hydrogen) atoms. The summed E-state index contributed by atoms with van der Waals surface area (Å²) >= 11 is 0. The normalized spacial score (nSPS) is 12.9. The fourth-order valence-corrected chi connectivity index (χ4v) is 1.05. The zero-order chi connectivity index (χ0) is 11.7. The van der Waals surface area contributed by atoms with Gasteiger partial charge < -0.3 is 0 Å². The van der Waals surface area contributed by atoms with Crippen LogP contribution >= 0.6 is 0 Å². The molecule has 2 nitrogen and oxygen atoms in total. The Balaban J connectivity index is 3.14. The number of halogens is 3. The zero-order valence-corrected chi connectivity index (χ0v) is 8.89. The first-order valence-corrected chi connectivity index (χ1v) is 4.68. The van der Waals surface area contributed by atoms with Gasteiger partial charge in [-0.05, 0) is 12.5 Å². The maximum atomic E-state index is 12.3. The van der Waals surface area contributed by atoms with Crippen LogP contribution in [0.4, 0.5) is 13.2 Å². The van der Waals surface area contributed by atoms with Crippen LogP contribution in [-0.2, 0) is 11.6 Å². The lowest BCUT2D eigenvalue weighted by atomic mass is 9.86. The van der Waals surface area contributed by atoms with Crippen LogP contribution < -0.4 is 0 Å². The molecule has 1 rings (SSSR count).